The lowest BCUT2D eigenvalue weighted by atomic mass is 10.3. The molecule has 1 atom stereocenters. The fourth-order valence-corrected chi connectivity index (χ4v) is 3.48. The van der Waals surface area contributed by atoms with Crippen molar-refractivity contribution in [1.82, 2.24) is 0 Å². The van der Waals surface area contributed by atoms with Gasteiger partial charge in [-0.05, 0) is 12.1 Å². The number of carbonyl (C=O) groups is 2. The van der Waals surface area contributed by atoms with Gasteiger partial charge in [-0.3, -0.25) is 23.2 Å². The largest absolute Gasteiger partial charge is 0.468 e. The molecular formula is C14H14F6NO6P. The smallest absolute Gasteiger partial charge is 0.412 e. The van der Waals surface area contributed by atoms with Crippen molar-refractivity contribution in [2.24, 2.45) is 0 Å². The fraction of sp³-hybridized carbons (Fsp3) is 0.429. The molecular weight excluding hydrogens is 423 g/mol. The van der Waals surface area contributed by atoms with Gasteiger partial charge in [-0.2, -0.15) is 26.3 Å². The Morgan fingerprint density at radius 3 is 1.86 bits per heavy atom. The van der Waals surface area contributed by atoms with Gasteiger partial charge in [-0.1, -0.05) is 18.2 Å². The summed E-state index contributed by atoms with van der Waals surface area (Å²) >= 11 is 0. The van der Waals surface area contributed by atoms with Crippen LogP contribution in [0.3, 0.4) is 0 Å². The molecule has 1 aromatic rings. The van der Waals surface area contributed by atoms with Crippen LogP contribution in [0.4, 0.5) is 32.0 Å². The summed E-state index contributed by atoms with van der Waals surface area (Å²) in [5.74, 6) is -3.24. The number of anilines is 1. The average Bonchev–Trinajstić information content (AvgIpc) is 2.58. The first-order valence-corrected chi connectivity index (χ1v) is 8.84. The average molecular weight is 437 g/mol. The molecule has 1 aromatic carbocycles. The van der Waals surface area contributed by atoms with Crippen LogP contribution in [0.25, 0.3) is 0 Å². The fourth-order valence-electron chi connectivity index (χ4n) is 1.74. The lowest BCUT2D eigenvalue weighted by Gasteiger charge is -2.25. The van der Waals surface area contributed by atoms with E-state index in [0.29, 0.717) is 7.11 Å². The zero-order valence-corrected chi connectivity index (χ0v) is 14.9. The Morgan fingerprint density at radius 2 is 1.46 bits per heavy atom. The maximum Gasteiger partial charge on any atom is 0.412 e. The number of amides is 1. The lowest BCUT2D eigenvalue weighted by Crippen LogP contribution is -2.38. The highest BCUT2D eigenvalue weighted by Gasteiger charge is 2.51. The number of alkyl halides is 6. The van der Waals surface area contributed by atoms with E-state index in [1.807, 2.05) is 5.32 Å². The van der Waals surface area contributed by atoms with Gasteiger partial charge in [0, 0.05) is 5.69 Å². The van der Waals surface area contributed by atoms with Gasteiger partial charge in [0.25, 0.3) is 5.91 Å². The molecule has 0 saturated heterocycles. The van der Waals surface area contributed by atoms with Crippen molar-refractivity contribution in [3.8, 4) is 0 Å². The topological polar surface area (TPSA) is 90.9 Å². The SMILES string of the molecule is COC(=O)[C@H](C(=O)Nc1ccccc1)P(=O)(OCC(F)(F)F)OCC(F)(F)F. The number of carbonyl (C=O) groups excluding carboxylic acids is 2. The molecule has 0 fully saturated rings. The Labute approximate surface area is 154 Å². The minimum Gasteiger partial charge on any atom is -0.468 e. The van der Waals surface area contributed by atoms with E-state index in [9.17, 15) is 40.5 Å². The maximum absolute atomic E-state index is 12.6. The van der Waals surface area contributed by atoms with E-state index in [0.717, 1.165) is 0 Å². The summed E-state index contributed by atoms with van der Waals surface area (Å²) < 4.78 is 99.3. The number of nitrogens with one attached hydrogen (secondary N) is 1. The Kier molecular flexibility index (Phi) is 8.03. The van der Waals surface area contributed by atoms with E-state index in [-0.39, 0.29) is 5.69 Å². The van der Waals surface area contributed by atoms with E-state index in [2.05, 4.69) is 13.8 Å². The first-order valence-electron chi connectivity index (χ1n) is 7.23. The van der Waals surface area contributed by atoms with Crippen LogP contribution in [-0.4, -0.2) is 50.2 Å². The molecule has 1 N–H and O–H groups in total. The molecule has 28 heavy (non-hydrogen) atoms. The molecule has 0 aromatic heterocycles. The molecule has 1 rings (SSSR count). The number of rotatable bonds is 8. The summed E-state index contributed by atoms with van der Waals surface area (Å²) in [6.07, 6.45) is -10.3. The number of ether oxygens (including phenoxy) is 1. The summed E-state index contributed by atoms with van der Waals surface area (Å²) in [4.78, 5) is 24.2. The number of esters is 1. The third-order valence-electron chi connectivity index (χ3n) is 2.85. The van der Waals surface area contributed by atoms with E-state index in [1.165, 1.54) is 30.3 Å². The van der Waals surface area contributed by atoms with Gasteiger partial charge in [0.05, 0.1) is 7.11 Å². The van der Waals surface area contributed by atoms with Crippen LogP contribution < -0.4 is 5.32 Å². The van der Waals surface area contributed by atoms with Crippen molar-refractivity contribution in [3.63, 3.8) is 0 Å². The number of hydrogen-bond acceptors (Lipinski definition) is 6. The summed E-state index contributed by atoms with van der Waals surface area (Å²) in [5.41, 5.74) is -2.72. The number of benzene rings is 1. The maximum atomic E-state index is 12.6. The molecule has 0 radical (unpaired) electrons. The second kappa shape index (κ2) is 9.39. The molecule has 7 nitrogen and oxygen atoms in total. The monoisotopic (exact) mass is 437 g/mol. The van der Waals surface area contributed by atoms with Crippen LogP contribution in [0.15, 0.2) is 30.3 Å². The van der Waals surface area contributed by atoms with Gasteiger partial charge < -0.3 is 10.1 Å². The van der Waals surface area contributed by atoms with E-state index in [4.69, 9.17) is 0 Å². The summed E-state index contributed by atoms with van der Waals surface area (Å²) in [7, 11) is -4.93. The molecule has 0 unspecified atom stereocenters. The Balaban J connectivity index is 3.23. The van der Waals surface area contributed by atoms with Crippen molar-refractivity contribution in [1.29, 1.82) is 0 Å². The van der Waals surface area contributed by atoms with Crippen LogP contribution in [0, 0.1) is 0 Å². The molecule has 0 heterocycles. The molecule has 0 spiro atoms. The summed E-state index contributed by atoms with van der Waals surface area (Å²) in [5, 5.41) is 2.02. The van der Waals surface area contributed by atoms with Gasteiger partial charge in [0.15, 0.2) is 13.2 Å². The highest BCUT2D eigenvalue weighted by Crippen LogP contribution is 2.55. The first kappa shape index (κ1) is 23.9. The molecule has 14 heteroatoms. The predicted molar refractivity (Wildman–Crippen MR) is 82.5 cm³/mol. The van der Waals surface area contributed by atoms with Gasteiger partial charge >= 0.3 is 25.9 Å². The Morgan fingerprint density at radius 1 is 1.00 bits per heavy atom. The van der Waals surface area contributed by atoms with Crippen LogP contribution in [0.2, 0.25) is 0 Å². The zero-order valence-electron chi connectivity index (χ0n) is 14.0. The molecule has 0 aliphatic heterocycles. The normalized spacial score (nSPS) is 13.7. The standard InChI is InChI=1S/C14H14F6NO6P/c1-25-12(23)10(11(22)21-9-5-3-2-4-6-9)28(24,26-7-13(15,16)17)27-8-14(18,19)20/h2-6,10H,7-8H2,1H3,(H,21,22)/t10-/m0/s1. The molecule has 0 saturated carbocycles. The Bertz CT molecular complexity index is 701. The minimum atomic E-state index is -5.61. The summed E-state index contributed by atoms with van der Waals surface area (Å²) in [6.45, 7) is -4.65. The molecule has 0 aliphatic rings. The Hall–Kier alpha value is -2.11. The zero-order chi connectivity index (χ0) is 21.6. The van der Waals surface area contributed by atoms with E-state index >= 15 is 0 Å². The van der Waals surface area contributed by atoms with Gasteiger partial charge in [-0.25, -0.2) is 0 Å². The van der Waals surface area contributed by atoms with Crippen molar-refractivity contribution in [2.45, 2.75) is 18.0 Å². The van der Waals surface area contributed by atoms with Crippen molar-refractivity contribution in [2.75, 3.05) is 25.6 Å². The van der Waals surface area contributed by atoms with Crippen LogP contribution >= 0.6 is 7.60 Å². The van der Waals surface area contributed by atoms with Crippen LogP contribution in [-0.2, 0) is 27.9 Å². The van der Waals surface area contributed by atoms with E-state index < -0.39 is 50.7 Å². The van der Waals surface area contributed by atoms with Gasteiger partial charge in [0.2, 0.25) is 5.66 Å². The third-order valence-corrected chi connectivity index (χ3v) is 4.90. The first-order chi connectivity index (χ1) is 12.8. The number of hydrogen-bond donors (Lipinski definition) is 1. The molecule has 0 aliphatic carbocycles. The van der Waals surface area contributed by atoms with Crippen LogP contribution in [0.5, 0.6) is 0 Å². The number of para-hydroxylation sites is 1. The van der Waals surface area contributed by atoms with Crippen molar-refractivity contribution >= 4 is 25.2 Å². The summed E-state index contributed by atoms with van der Waals surface area (Å²) in [6, 6.07) is 7.00. The highest BCUT2D eigenvalue weighted by molar-refractivity contribution is 7.57. The van der Waals surface area contributed by atoms with Crippen molar-refractivity contribution < 1.29 is 54.3 Å². The number of halogens is 6. The van der Waals surface area contributed by atoms with Gasteiger partial charge in [0.1, 0.15) is 0 Å². The molecule has 1 amide bonds. The quantitative estimate of drug-likeness (QED) is 0.290. The van der Waals surface area contributed by atoms with Gasteiger partial charge in [-0.15, -0.1) is 0 Å². The lowest BCUT2D eigenvalue weighted by molar-refractivity contribution is -0.167. The molecule has 0 bridgehead atoms. The third kappa shape index (κ3) is 7.87. The van der Waals surface area contributed by atoms with E-state index in [1.54, 1.807) is 0 Å². The highest BCUT2D eigenvalue weighted by atomic mass is 31.2. The predicted octanol–water partition coefficient (Wildman–Crippen LogP) is 3.52. The second-order valence-electron chi connectivity index (χ2n) is 5.10. The minimum absolute atomic E-state index is 0.0135. The number of methoxy groups -OCH3 is 1. The van der Waals surface area contributed by atoms with Crippen molar-refractivity contribution in [3.05, 3.63) is 30.3 Å². The second-order valence-corrected chi connectivity index (χ2v) is 7.21. The molecule has 158 valence electrons. The van der Waals surface area contributed by atoms with Crippen LogP contribution in [0.1, 0.15) is 0 Å².